The molecule has 0 spiro atoms. The zero-order valence-electron chi connectivity index (χ0n) is 9.80. The molecule has 0 atom stereocenters. The molecule has 0 amide bonds. The average Bonchev–Trinajstić information content (AvgIpc) is 2.73. The highest BCUT2D eigenvalue weighted by Gasteiger charge is 2.09. The number of carboxylic acid groups (broad SMARTS) is 1. The summed E-state index contributed by atoms with van der Waals surface area (Å²) in [6, 6.07) is 1.44. The molecule has 0 radical (unpaired) electrons. The van der Waals surface area contributed by atoms with Crippen molar-refractivity contribution >= 4 is 28.8 Å². The number of hydrogen-bond acceptors (Lipinski definition) is 5. The van der Waals surface area contributed by atoms with Gasteiger partial charge >= 0.3 is 5.97 Å². The van der Waals surface area contributed by atoms with E-state index < -0.39 is 5.97 Å². The first kappa shape index (κ1) is 12.4. The molecule has 94 valence electrons. The van der Waals surface area contributed by atoms with Crippen LogP contribution in [0.2, 0.25) is 0 Å². The van der Waals surface area contributed by atoms with Crippen molar-refractivity contribution in [1.82, 2.24) is 4.98 Å². The Morgan fingerprint density at radius 2 is 2.33 bits per heavy atom. The number of nitrogens with two attached hydrogens (primary N) is 1. The van der Waals surface area contributed by atoms with Gasteiger partial charge in [0.1, 0.15) is 5.82 Å². The number of aromatic nitrogens is 1. The molecule has 2 heterocycles. The molecule has 0 aliphatic carbocycles. The van der Waals surface area contributed by atoms with Crippen LogP contribution in [0.3, 0.4) is 0 Å². The van der Waals surface area contributed by atoms with E-state index in [0.717, 1.165) is 0 Å². The first-order valence-corrected chi connectivity index (χ1v) is 6.26. The van der Waals surface area contributed by atoms with E-state index in [4.69, 9.17) is 10.8 Å². The monoisotopic (exact) mass is 263 g/mol. The van der Waals surface area contributed by atoms with Crippen molar-refractivity contribution in [2.45, 2.75) is 13.5 Å². The third-order valence-electron chi connectivity index (χ3n) is 2.59. The molecule has 0 saturated heterocycles. The molecule has 0 saturated carbocycles. The summed E-state index contributed by atoms with van der Waals surface area (Å²) < 4.78 is 0. The molecule has 2 aromatic rings. The van der Waals surface area contributed by atoms with Gasteiger partial charge in [-0.15, -0.1) is 0 Å². The Morgan fingerprint density at radius 1 is 1.56 bits per heavy atom. The molecule has 0 aliphatic heterocycles. The molecule has 2 aromatic heterocycles. The number of thiophene rings is 1. The number of nitrogen functional groups attached to an aromatic ring is 1. The van der Waals surface area contributed by atoms with E-state index >= 15 is 0 Å². The maximum Gasteiger partial charge on any atom is 0.337 e. The van der Waals surface area contributed by atoms with Crippen molar-refractivity contribution in [2.75, 3.05) is 11.1 Å². The van der Waals surface area contributed by atoms with Crippen LogP contribution in [0.1, 0.15) is 21.5 Å². The number of carboxylic acids is 1. The van der Waals surface area contributed by atoms with E-state index in [-0.39, 0.29) is 11.3 Å². The van der Waals surface area contributed by atoms with Crippen LogP contribution in [0.4, 0.5) is 11.5 Å². The fraction of sp³-hybridized carbons (Fsp3) is 0.167. The Balaban J connectivity index is 2.13. The molecule has 0 bridgehead atoms. The SMILES string of the molecule is Cc1cscc1CNc1cc(C(=O)O)c(N)cn1. The first-order chi connectivity index (χ1) is 8.58. The Labute approximate surface area is 108 Å². The van der Waals surface area contributed by atoms with Crippen molar-refractivity contribution in [3.63, 3.8) is 0 Å². The van der Waals surface area contributed by atoms with E-state index in [9.17, 15) is 4.79 Å². The fourth-order valence-electron chi connectivity index (χ4n) is 1.50. The normalized spacial score (nSPS) is 10.3. The Morgan fingerprint density at radius 3 is 2.94 bits per heavy atom. The molecular formula is C12H13N3O2S. The van der Waals surface area contributed by atoms with Crippen LogP contribution in [0, 0.1) is 6.92 Å². The van der Waals surface area contributed by atoms with Gasteiger partial charge in [0.15, 0.2) is 0 Å². The predicted molar refractivity (Wildman–Crippen MR) is 72.0 cm³/mol. The third kappa shape index (κ3) is 2.60. The van der Waals surface area contributed by atoms with E-state index in [1.807, 2.05) is 6.92 Å². The number of aryl methyl sites for hydroxylation is 1. The van der Waals surface area contributed by atoms with Gasteiger partial charge in [-0.05, 0) is 34.9 Å². The van der Waals surface area contributed by atoms with Crippen LogP contribution in [0.25, 0.3) is 0 Å². The lowest BCUT2D eigenvalue weighted by molar-refractivity contribution is 0.0698. The van der Waals surface area contributed by atoms with Crippen molar-refractivity contribution in [3.05, 3.63) is 39.7 Å². The number of pyridine rings is 1. The first-order valence-electron chi connectivity index (χ1n) is 5.32. The summed E-state index contributed by atoms with van der Waals surface area (Å²) in [6.45, 7) is 2.65. The highest BCUT2D eigenvalue weighted by atomic mass is 32.1. The smallest absolute Gasteiger partial charge is 0.337 e. The van der Waals surface area contributed by atoms with Crippen molar-refractivity contribution in [2.24, 2.45) is 0 Å². The predicted octanol–water partition coefficient (Wildman–Crippen LogP) is 2.34. The van der Waals surface area contributed by atoms with Crippen molar-refractivity contribution < 1.29 is 9.90 Å². The standard InChI is InChI=1S/C12H13N3O2S/c1-7-5-18-6-8(7)3-14-11-2-9(12(16)17)10(13)4-15-11/h2,4-6H,3,13H2,1H3,(H,14,15)(H,16,17). The van der Waals surface area contributed by atoms with Crippen molar-refractivity contribution in [3.8, 4) is 0 Å². The highest BCUT2D eigenvalue weighted by molar-refractivity contribution is 7.08. The highest BCUT2D eigenvalue weighted by Crippen LogP contribution is 2.18. The summed E-state index contributed by atoms with van der Waals surface area (Å²) in [4.78, 5) is 15.0. The van der Waals surface area contributed by atoms with Crippen LogP contribution in [-0.2, 0) is 6.54 Å². The second-order valence-corrected chi connectivity index (χ2v) is 4.64. The summed E-state index contributed by atoms with van der Waals surface area (Å²) in [5.74, 6) is -0.545. The van der Waals surface area contributed by atoms with Gasteiger partial charge in [-0.2, -0.15) is 11.3 Å². The maximum atomic E-state index is 10.9. The Bertz CT molecular complexity index is 580. The van der Waals surface area contributed by atoms with Crippen molar-refractivity contribution in [1.29, 1.82) is 0 Å². The molecule has 5 nitrogen and oxygen atoms in total. The lowest BCUT2D eigenvalue weighted by atomic mass is 10.2. The summed E-state index contributed by atoms with van der Waals surface area (Å²) in [5, 5.41) is 16.2. The second-order valence-electron chi connectivity index (χ2n) is 3.90. The van der Waals surface area contributed by atoms with Gasteiger partial charge in [-0.3, -0.25) is 0 Å². The number of hydrogen-bond donors (Lipinski definition) is 3. The largest absolute Gasteiger partial charge is 0.478 e. The maximum absolute atomic E-state index is 10.9. The molecule has 0 unspecified atom stereocenters. The second kappa shape index (κ2) is 5.05. The number of anilines is 2. The zero-order chi connectivity index (χ0) is 13.1. The fourth-order valence-corrected chi connectivity index (χ4v) is 2.36. The number of rotatable bonds is 4. The van der Waals surface area contributed by atoms with Gasteiger partial charge in [0.05, 0.1) is 17.4 Å². The van der Waals surface area contributed by atoms with Crippen LogP contribution in [-0.4, -0.2) is 16.1 Å². The number of aromatic carboxylic acids is 1. The quantitative estimate of drug-likeness (QED) is 0.788. The minimum atomic E-state index is -1.05. The van der Waals surface area contributed by atoms with Crippen LogP contribution < -0.4 is 11.1 Å². The van der Waals surface area contributed by atoms with E-state index in [1.165, 1.54) is 23.4 Å². The molecule has 6 heteroatoms. The van der Waals surface area contributed by atoms with Gasteiger partial charge in [0.25, 0.3) is 0 Å². The van der Waals surface area contributed by atoms with Gasteiger partial charge in [-0.25, -0.2) is 9.78 Å². The van der Waals surface area contributed by atoms with E-state index in [2.05, 4.69) is 21.1 Å². The Kier molecular flexibility index (Phi) is 3.47. The van der Waals surface area contributed by atoms with E-state index in [1.54, 1.807) is 11.3 Å². The number of carbonyl (C=O) groups is 1. The molecule has 2 rings (SSSR count). The summed E-state index contributed by atoms with van der Waals surface area (Å²) in [7, 11) is 0. The summed E-state index contributed by atoms with van der Waals surface area (Å²) >= 11 is 1.64. The third-order valence-corrected chi connectivity index (χ3v) is 3.50. The van der Waals surface area contributed by atoms with Crippen LogP contribution in [0.5, 0.6) is 0 Å². The lowest BCUT2D eigenvalue weighted by Crippen LogP contribution is -2.07. The minimum absolute atomic E-state index is 0.0644. The zero-order valence-corrected chi connectivity index (χ0v) is 10.6. The van der Waals surface area contributed by atoms with E-state index in [0.29, 0.717) is 12.4 Å². The number of nitrogens with one attached hydrogen (secondary N) is 1. The molecule has 4 N–H and O–H groups in total. The van der Waals surface area contributed by atoms with Gasteiger partial charge in [0, 0.05) is 6.54 Å². The van der Waals surface area contributed by atoms with Gasteiger partial charge < -0.3 is 16.2 Å². The molecular weight excluding hydrogens is 250 g/mol. The number of nitrogens with zero attached hydrogens (tertiary/aromatic N) is 1. The molecule has 18 heavy (non-hydrogen) atoms. The average molecular weight is 263 g/mol. The summed E-state index contributed by atoms with van der Waals surface area (Å²) in [5.41, 5.74) is 8.15. The molecule has 0 aromatic carbocycles. The van der Waals surface area contributed by atoms with Crippen LogP contribution in [0.15, 0.2) is 23.0 Å². The lowest BCUT2D eigenvalue weighted by Gasteiger charge is -2.07. The van der Waals surface area contributed by atoms with Crippen LogP contribution >= 0.6 is 11.3 Å². The van der Waals surface area contributed by atoms with Gasteiger partial charge in [-0.1, -0.05) is 0 Å². The topological polar surface area (TPSA) is 88.2 Å². The molecule has 0 fully saturated rings. The molecule has 0 aliphatic rings. The van der Waals surface area contributed by atoms with Gasteiger partial charge in [0.2, 0.25) is 0 Å². The summed E-state index contributed by atoms with van der Waals surface area (Å²) in [6.07, 6.45) is 1.35. The minimum Gasteiger partial charge on any atom is -0.478 e. The Hall–Kier alpha value is -2.08.